The predicted molar refractivity (Wildman–Crippen MR) is 77.7 cm³/mol. The van der Waals surface area contributed by atoms with E-state index in [1.807, 2.05) is 6.07 Å². The summed E-state index contributed by atoms with van der Waals surface area (Å²) in [6, 6.07) is 6.64. The van der Waals surface area contributed by atoms with Crippen LogP contribution in [0.3, 0.4) is 0 Å². The van der Waals surface area contributed by atoms with Crippen molar-refractivity contribution in [1.82, 2.24) is 5.32 Å². The molecule has 2 rings (SSSR count). The van der Waals surface area contributed by atoms with Crippen LogP contribution in [-0.4, -0.2) is 26.9 Å². The first-order chi connectivity index (χ1) is 9.20. The molecule has 2 unspecified atom stereocenters. The Labute approximate surface area is 116 Å². The molecule has 1 fully saturated rings. The Morgan fingerprint density at radius 1 is 1.47 bits per heavy atom. The minimum Gasteiger partial charge on any atom is -0.496 e. The van der Waals surface area contributed by atoms with E-state index < -0.39 is 0 Å². The van der Waals surface area contributed by atoms with Crippen molar-refractivity contribution in [2.75, 3.05) is 26.9 Å². The van der Waals surface area contributed by atoms with Gasteiger partial charge in [-0.3, -0.25) is 0 Å². The molecule has 0 amide bonds. The zero-order valence-corrected chi connectivity index (χ0v) is 12.2. The van der Waals surface area contributed by atoms with Crippen molar-refractivity contribution >= 4 is 0 Å². The third kappa shape index (κ3) is 3.95. The van der Waals surface area contributed by atoms with Crippen LogP contribution < -0.4 is 10.1 Å². The van der Waals surface area contributed by atoms with Crippen molar-refractivity contribution < 1.29 is 9.47 Å². The molecule has 19 heavy (non-hydrogen) atoms. The molecule has 1 aliphatic rings. The van der Waals surface area contributed by atoms with Crippen LogP contribution in [0.5, 0.6) is 5.75 Å². The Morgan fingerprint density at radius 2 is 2.32 bits per heavy atom. The van der Waals surface area contributed by atoms with E-state index in [1.165, 1.54) is 24.0 Å². The van der Waals surface area contributed by atoms with Crippen molar-refractivity contribution in [3.8, 4) is 5.75 Å². The first-order valence-corrected chi connectivity index (χ1v) is 7.16. The van der Waals surface area contributed by atoms with Crippen LogP contribution in [0.1, 0.15) is 36.9 Å². The van der Waals surface area contributed by atoms with Gasteiger partial charge in [0, 0.05) is 24.8 Å². The summed E-state index contributed by atoms with van der Waals surface area (Å²) in [6.45, 7) is 7.15. The predicted octanol–water partition coefficient (Wildman–Crippen LogP) is 3.08. The van der Waals surface area contributed by atoms with Crippen LogP contribution in [0.25, 0.3) is 0 Å². The fraction of sp³-hybridized carbons (Fsp3) is 0.625. The molecule has 0 radical (unpaired) electrons. The standard InChI is InChI=1S/C16H25NO2/c1-12-6-7-16(18-3)15(9-12)13(2)17-10-14-5-4-8-19-11-14/h6-7,9,13-14,17H,4-5,8,10-11H2,1-3H3. The van der Waals surface area contributed by atoms with Crippen LogP contribution >= 0.6 is 0 Å². The normalized spacial score (nSPS) is 21.1. The van der Waals surface area contributed by atoms with E-state index in [-0.39, 0.29) is 0 Å². The summed E-state index contributed by atoms with van der Waals surface area (Å²) >= 11 is 0. The van der Waals surface area contributed by atoms with Gasteiger partial charge in [0.1, 0.15) is 5.75 Å². The summed E-state index contributed by atoms with van der Waals surface area (Å²) in [4.78, 5) is 0. The van der Waals surface area contributed by atoms with Gasteiger partial charge in [-0.05, 0) is 38.7 Å². The first kappa shape index (κ1) is 14.4. The second-order valence-electron chi connectivity index (χ2n) is 5.46. The van der Waals surface area contributed by atoms with Crippen LogP contribution in [0.15, 0.2) is 18.2 Å². The van der Waals surface area contributed by atoms with Crippen LogP contribution in [-0.2, 0) is 4.74 Å². The molecule has 3 nitrogen and oxygen atoms in total. The molecule has 2 atom stereocenters. The van der Waals surface area contributed by atoms with Crippen molar-refractivity contribution in [1.29, 1.82) is 0 Å². The van der Waals surface area contributed by atoms with Gasteiger partial charge in [0.2, 0.25) is 0 Å². The zero-order valence-electron chi connectivity index (χ0n) is 12.2. The lowest BCUT2D eigenvalue weighted by atomic mass is 10.00. The number of aryl methyl sites for hydroxylation is 1. The summed E-state index contributed by atoms with van der Waals surface area (Å²) in [5, 5.41) is 3.61. The van der Waals surface area contributed by atoms with Gasteiger partial charge in [-0.15, -0.1) is 0 Å². The quantitative estimate of drug-likeness (QED) is 0.885. The second-order valence-corrected chi connectivity index (χ2v) is 5.46. The number of benzene rings is 1. The highest BCUT2D eigenvalue weighted by atomic mass is 16.5. The van der Waals surface area contributed by atoms with E-state index in [0.717, 1.165) is 25.5 Å². The fourth-order valence-electron chi connectivity index (χ4n) is 2.61. The van der Waals surface area contributed by atoms with E-state index in [9.17, 15) is 0 Å². The summed E-state index contributed by atoms with van der Waals surface area (Å²) in [7, 11) is 1.73. The summed E-state index contributed by atoms with van der Waals surface area (Å²) in [5.74, 6) is 1.61. The summed E-state index contributed by atoms with van der Waals surface area (Å²) in [5.41, 5.74) is 2.50. The maximum atomic E-state index is 5.52. The van der Waals surface area contributed by atoms with Crippen LogP contribution in [0, 0.1) is 12.8 Å². The van der Waals surface area contributed by atoms with E-state index in [1.54, 1.807) is 7.11 Å². The molecule has 106 valence electrons. The number of rotatable bonds is 5. The maximum Gasteiger partial charge on any atom is 0.123 e. The molecule has 1 saturated heterocycles. The molecule has 1 aromatic carbocycles. The van der Waals surface area contributed by atoms with Gasteiger partial charge < -0.3 is 14.8 Å². The minimum atomic E-state index is 0.303. The van der Waals surface area contributed by atoms with Crippen molar-refractivity contribution in [2.24, 2.45) is 5.92 Å². The third-order valence-corrected chi connectivity index (χ3v) is 3.82. The lowest BCUT2D eigenvalue weighted by molar-refractivity contribution is 0.0540. The highest BCUT2D eigenvalue weighted by molar-refractivity contribution is 5.38. The Hall–Kier alpha value is -1.06. The molecule has 0 aliphatic carbocycles. The van der Waals surface area contributed by atoms with E-state index in [4.69, 9.17) is 9.47 Å². The largest absolute Gasteiger partial charge is 0.496 e. The average Bonchev–Trinajstić information content (AvgIpc) is 2.46. The number of hydrogen-bond acceptors (Lipinski definition) is 3. The van der Waals surface area contributed by atoms with Gasteiger partial charge in [0.05, 0.1) is 13.7 Å². The Bertz CT molecular complexity index is 400. The van der Waals surface area contributed by atoms with Gasteiger partial charge in [-0.25, -0.2) is 0 Å². The SMILES string of the molecule is COc1ccc(C)cc1C(C)NCC1CCCOC1. The summed E-state index contributed by atoms with van der Waals surface area (Å²) in [6.07, 6.45) is 2.46. The zero-order chi connectivity index (χ0) is 13.7. The van der Waals surface area contributed by atoms with Crippen molar-refractivity contribution in [2.45, 2.75) is 32.7 Å². The molecule has 1 aromatic rings. The molecule has 0 aromatic heterocycles. The molecule has 3 heteroatoms. The van der Waals surface area contributed by atoms with Gasteiger partial charge in [-0.1, -0.05) is 17.7 Å². The third-order valence-electron chi connectivity index (χ3n) is 3.82. The lowest BCUT2D eigenvalue weighted by Crippen LogP contribution is -2.31. The van der Waals surface area contributed by atoms with Crippen LogP contribution in [0.2, 0.25) is 0 Å². The first-order valence-electron chi connectivity index (χ1n) is 7.16. The molecule has 1 N–H and O–H groups in total. The van der Waals surface area contributed by atoms with E-state index in [0.29, 0.717) is 12.0 Å². The van der Waals surface area contributed by atoms with Crippen molar-refractivity contribution in [3.05, 3.63) is 29.3 Å². The van der Waals surface area contributed by atoms with Crippen molar-refractivity contribution in [3.63, 3.8) is 0 Å². The van der Waals surface area contributed by atoms with Gasteiger partial charge in [0.15, 0.2) is 0 Å². The molecule has 1 heterocycles. The monoisotopic (exact) mass is 263 g/mol. The molecule has 0 bridgehead atoms. The topological polar surface area (TPSA) is 30.5 Å². The molecule has 0 spiro atoms. The van der Waals surface area contributed by atoms with Gasteiger partial charge in [0.25, 0.3) is 0 Å². The Morgan fingerprint density at radius 3 is 3.00 bits per heavy atom. The Kier molecular flexibility index (Phi) is 5.23. The molecular weight excluding hydrogens is 238 g/mol. The number of methoxy groups -OCH3 is 1. The highest BCUT2D eigenvalue weighted by Crippen LogP contribution is 2.26. The molecule has 0 saturated carbocycles. The summed E-state index contributed by atoms with van der Waals surface area (Å²) < 4.78 is 11.0. The van der Waals surface area contributed by atoms with Gasteiger partial charge in [-0.2, -0.15) is 0 Å². The van der Waals surface area contributed by atoms with E-state index in [2.05, 4.69) is 31.3 Å². The lowest BCUT2D eigenvalue weighted by Gasteiger charge is -2.25. The Balaban J connectivity index is 1.94. The van der Waals surface area contributed by atoms with Gasteiger partial charge >= 0.3 is 0 Å². The minimum absolute atomic E-state index is 0.303. The fourth-order valence-corrected chi connectivity index (χ4v) is 2.61. The highest BCUT2D eigenvalue weighted by Gasteiger charge is 2.16. The second kappa shape index (κ2) is 6.92. The molecular formula is C16H25NO2. The smallest absolute Gasteiger partial charge is 0.123 e. The number of nitrogens with one attached hydrogen (secondary N) is 1. The van der Waals surface area contributed by atoms with Crippen LogP contribution in [0.4, 0.5) is 0 Å². The van der Waals surface area contributed by atoms with E-state index >= 15 is 0 Å². The number of hydrogen-bond donors (Lipinski definition) is 1. The maximum absolute atomic E-state index is 5.52. The molecule has 1 aliphatic heterocycles. The number of ether oxygens (including phenoxy) is 2. The average molecular weight is 263 g/mol.